The molecule has 0 bridgehead atoms. The number of nitrogens with zero attached hydrogens (tertiary/aromatic N) is 2. The first-order chi connectivity index (χ1) is 13.9. The highest BCUT2D eigenvalue weighted by Crippen LogP contribution is 2.27. The lowest BCUT2D eigenvalue weighted by molar-refractivity contribution is -0.384. The molecule has 3 rings (SSSR count). The van der Waals surface area contributed by atoms with Crippen LogP contribution in [0.1, 0.15) is 46.4 Å². The van der Waals surface area contributed by atoms with Crippen LogP contribution in [0.4, 0.5) is 17.1 Å². The van der Waals surface area contributed by atoms with Crippen LogP contribution < -0.4 is 11.1 Å². The number of anilines is 2. The number of imide groups is 1. The van der Waals surface area contributed by atoms with Gasteiger partial charge in [0.1, 0.15) is 0 Å². The first-order valence-electron chi connectivity index (χ1n) is 9.17. The molecule has 0 saturated heterocycles. The van der Waals surface area contributed by atoms with Gasteiger partial charge in [-0.1, -0.05) is 18.6 Å². The number of fused-ring (bicyclic) bond motifs is 1. The Morgan fingerprint density at radius 3 is 2.48 bits per heavy atom. The predicted molar refractivity (Wildman–Crippen MR) is 106 cm³/mol. The van der Waals surface area contributed by atoms with Crippen LogP contribution >= 0.6 is 0 Å². The van der Waals surface area contributed by atoms with Crippen LogP contribution in [-0.2, 0) is 4.79 Å². The van der Waals surface area contributed by atoms with Gasteiger partial charge in [-0.05, 0) is 31.0 Å². The summed E-state index contributed by atoms with van der Waals surface area (Å²) >= 11 is 0. The minimum absolute atomic E-state index is 0.0593. The van der Waals surface area contributed by atoms with Gasteiger partial charge in [-0.2, -0.15) is 0 Å². The highest BCUT2D eigenvalue weighted by Gasteiger charge is 2.36. The summed E-state index contributed by atoms with van der Waals surface area (Å²) in [6, 6.07) is 10.6. The number of nitrogen functional groups attached to an aromatic ring is 1. The molecule has 9 heteroatoms. The van der Waals surface area contributed by atoms with Crippen molar-refractivity contribution in [2.24, 2.45) is 0 Å². The van der Waals surface area contributed by atoms with Crippen molar-refractivity contribution in [3.63, 3.8) is 0 Å². The van der Waals surface area contributed by atoms with Gasteiger partial charge >= 0.3 is 0 Å². The molecule has 9 nitrogen and oxygen atoms in total. The molecular formula is C20H20N4O5. The van der Waals surface area contributed by atoms with E-state index in [1.807, 2.05) is 0 Å². The summed E-state index contributed by atoms with van der Waals surface area (Å²) in [5.74, 6) is -1.13. The molecule has 0 saturated carbocycles. The number of amides is 3. The van der Waals surface area contributed by atoms with E-state index in [4.69, 9.17) is 5.73 Å². The summed E-state index contributed by atoms with van der Waals surface area (Å²) < 4.78 is 0. The highest BCUT2D eigenvalue weighted by molar-refractivity contribution is 6.21. The third-order valence-electron chi connectivity index (χ3n) is 4.69. The highest BCUT2D eigenvalue weighted by atomic mass is 16.6. The van der Waals surface area contributed by atoms with E-state index in [2.05, 4.69) is 5.32 Å². The third kappa shape index (κ3) is 4.40. The normalized spacial score (nSPS) is 12.8. The summed E-state index contributed by atoms with van der Waals surface area (Å²) in [5, 5.41) is 13.6. The number of hydrogen-bond acceptors (Lipinski definition) is 6. The number of para-hydroxylation sites is 2. The monoisotopic (exact) mass is 396 g/mol. The zero-order chi connectivity index (χ0) is 21.0. The molecule has 0 aliphatic carbocycles. The first kappa shape index (κ1) is 20.0. The average molecular weight is 396 g/mol. The number of rotatable bonds is 8. The van der Waals surface area contributed by atoms with Crippen LogP contribution in [0.3, 0.4) is 0 Å². The Balaban J connectivity index is 1.45. The van der Waals surface area contributed by atoms with Gasteiger partial charge in [0, 0.05) is 25.1 Å². The molecule has 0 fully saturated rings. The van der Waals surface area contributed by atoms with Crippen molar-refractivity contribution >= 4 is 34.8 Å². The number of hydrogen-bond donors (Lipinski definition) is 2. The number of nitrogens with one attached hydrogen (secondary N) is 1. The topological polar surface area (TPSA) is 136 Å². The number of carbonyl (C=O) groups excluding carboxylic acids is 3. The minimum atomic E-state index is -0.602. The molecule has 0 radical (unpaired) electrons. The Morgan fingerprint density at radius 1 is 1.03 bits per heavy atom. The fourth-order valence-corrected chi connectivity index (χ4v) is 3.15. The van der Waals surface area contributed by atoms with Gasteiger partial charge in [-0.3, -0.25) is 29.4 Å². The SMILES string of the molecule is Nc1ccccc1NC(=O)CCCCCN1C(=O)c2ccc([N+](=O)[O-])cc2C1=O. The van der Waals surface area contributed by atoms with Gasteiger partial charge in [0.15, 0.2) is 0 Å². The maximum atomic E-state index is 12.4. The molecule has 3 amide bonds. The molecule has 0 aromatic heterocycles. The van der Waals surface area contributed by atoms with E-state index in [9.17, 15) is 24.5 Å². The van der Waals surface area contributed by atoms with Crippen molar-refractivity contribution in [2.75, 3.05) is 17.6 Å². The molecule has 0 spiro atoms. The molecular weight excluding hydrogens is 376 g/mol. The Labute approximate surface area is 166 Å². The molecule has 2 aromatic rings. The van der Waals surface area contributed by atoms with Crippen molar-refractivity contribution < 1.29 is 19.3 Å². The summed E-state index contributed by atoms with van der Waals surface area (Å²) in [7, 11) is 0. The Kier molecular flexibility index (Phi) is 5.87. The molecule has 150 valence electrons. The van der Waals surface area contributed by atoms with E-state index in [0.717, 1.165) is 11.0 Å². The van der Waals surface area contributed by atoms with Crippen molar-refractivity contribution in [3.05, 3.63) is 63.7 Å². The van der Waals surface area contributed by atoms with Crippen LogP contribution in [0.5, 0.6) is 0 Å². The van der Waals surface area contributed by atoms with Gasteiger partial charge < -0.3 is 11.1 Å². The maximum absolute atomic E-state index is 12.4. The summed E-state index contributed by atoms with van der Waals surface area (Å²) in [4.78, 5) is 48.1. The fraction of sp³-hybridized carbons (Fsp3) is 0.250. The number of nitro benzene ring substituents is 1. The quantitative estimate of drug-likeness (QED) is 0.231. The summed E-state index contributed by atoms with van der Waals surface area (Å²) in [6.45, 7) is 0.202. The van der Waals surface area contributed by atoms with E-state index in [1.54, 1.807) is 24.3 Å². The van der Waals surface area contributed by atoms with E-state index >= 15 is 0 Å². The Morgan fingerprint density at radius 2 is 1.76 bits per heavy atom. The largest absolute Gasteiger partial charge is 0.397 e. The van der Waals surface area contributed by atoms with Crippen LogP contribution in [-0.4, -0.2) is 34.1 Å². The van der Waals surface area contributed by atoms with Crippen LogP contribution in [0.15, 0.2) is 42.5 Å². The van der Waals surface area contributed by atoms with Gasteiger partial charge in [-0.15, -0.1) is 0 Å². The van der Waals surface area contributed by atoms with Crippen molar-refractivity contribution in [2.45, 2.75) is 25.7 Å². The zero-order valence-electron chi connectivity index (χ0n) is 15.6. The molecule has 1 aliphatic rings. The maximum Gasteiger partial charge on any atom is 0.270 e. The second-order valence-corrected chi connectivity index (χ2v) is 6.70. The van der Waals surface area contributed by atoms with Crippen molar-refractivity contribution in [1.29, 1.82) is 0 Å². The number of benzene rings is 2. The van der Waals surface area contributed by atoms with Gasteiger partial charge in [0.05, 0.1) is 27.4 Å². The van der Waals surface area contributed by atoms with E-state index in [-0.39, 0.29) is 29.3 Å². The lowest BCUT2D eigenvalue weighted by Crippen LogP contribution is -2.30. The van der Waals surface area contributed by atoms with Crippen molar-refractivity contribution in [3.8, 4) is 0 Å². The third-order valence-corrected chi connectivity index (χ3v) is 4.69. The number of non-ortho nitro benzene ring substituents is 1. The molecule has 1 aliphatic heterocycles. The summed E-state index contributed by atoms with van der Waals surface area (Å²) in [5.41, 5.74) is 6.86. The molecule has 2 aromatic carbocycles. The van der Waals surface area contributed by atoms with E-state index in [0.29, 0.717) is 37.1 Å². The number of nitrogens with two attached hydrogens (primary N) is 1. The van der Waals surface area contributed by atoms with Crippen LogP contribution in [0, 0.1) is 10.1 Å². The van der Waals surface area contributed by atoms with Crippen LogP contribution in [0.2, 0.25) is 0 Å². The number of unbranched alkanes of at least 4 members (excludes halogenated alkanes) is 2. The second kappa shape index (κ2) is 8.51. The average Bonchev–Trinajstić information content (AvgIpc) is 2.93. The van der Waals surface area contributed by atoms with E-state index in [1.165, 1.54) is 12.1 Å². The fourth-order valence-electron chi connectivity index (χ4n) is 3.15. The molecule has 0 atom stereocenters. The predicted octanol–water partition coefficient (Wildman–Crippen LogP) is 2.97. The first-order valence-corrected chi connectivity index (χ1v) is 9.17. The van der Waals surface area contributed by atoms with E-state index < -0.39 is 16.7 Å². The summed E-state index contributed by atoms with van der Waals surface area (Å²) in [6.07, 6.45) is 2.06. The lowest BCUT2D eigenvalue weighted by Gasteiger charge is -2.13. The number of carbonyl (C=O) groups is 3. The minimum Gasteiger partial charge on any atom is -0.397 e. The smallest absolute Gasteiger partial charge is 0.270 e. The van der Waals surface area contributed by atoms with Gasteiger partial charge in [0.25, 0.3) is 17.5 Å². The molecule has 1 heterocycles. The Bertz CT molecular complexity index is 989. The number of nitro groups is 1. The van der Waals surface area contributed by atoms with Crippen molar-refractivity contribution in [1.82, 2.24) is 4.90 Å². The van der Waals surface area contributed by atoms with Gasteiger partial charge in [0.2, 0.25) is 5.91 Å². The molecule has 29 heavy (non-hydrogen) atoms. The van der Waals surface area contributed by atoms with Crippen LogP contribution in [0.25, 0.3) is 0 Å². The molecule has 0 unspecified atom stereocenters. The molecule has 3 N–H and O–H groups in total. The standard InChI is InChI=1S/C20H20N4O5/c21-16-6-3-4-7-17(16)22-18(25)8-2-1-5-11-23-19(26)14-10-9-13(24(28)29)12-15(14)20(23)27/h3-4,6-7,9-10,12H,1-2,5,8,11,21H2,(H,22,25). The van der Waals surface area contributed by atoms with Gasteiger partial charge in [-0.25, -0.2) is 0 Å². The zero-order valence-corrected chi connectivity index (χ0v) is 15.6. The Hall–Kier alpha value is -3.75. The lowest BCUT2D eigenvalue weighted by atomic mass is 10.1. The second-order valence-electron chi connectivity index (χ2n) is 6.70.